The van der Waals surface area contributed by atoms with E-state index in [-0.39, 0.29) is 42.3 Å². The highest BCUT2D eigenvalue weighted by Gasteiger charge is 2.71. The van der Waals surface area contributed by atoms with Crippen LogP contribution in [0.2, 0.25) is 0 Å². The first kappa shape index (κ1) is 25.9. The quantitative estimate of drug-likeness (QED) is 0.418. The van der Waals surface area contributed by atoms with E-state index in [2.05, 4.69) is 0 Å². The number of ketones is 2. The molecule has 0 aromatic rings. The Balaban J connectivity index is 1.83. The normalized spacial score (nSPS) is 40.7. The highest BCUT2D eigenvalue weighted by Crippen LogP contribution is 2.69. The molecule has 196 valence electrons. The molecule has 0 heterocycles. The van der Waals surface area contributed by atoms with E-state index in [0.29, 0.717) is 12.8 Å². The number of carbonyl (C=O) groups excluding carboxylic acids is 3. The number of allylic oxidation sites excluding steroid dienone is 4. The van der Waals surface area contributed by atoms with Crippen molar-refractivity contribution in [2.45, 2.75) is 65.1 Å². The van der Waals surface area contributed by atoms with Gasteiger partial charge in [0.05, 0.1) is 0 Å². The molecule has 0 radical (unpaired) electrons. The molecule has 4 aliphatic rings. The van der Waals surface area contributed by atoms with Gasteiger partial charge in [0, 0.05) is 23.7 Å². The van der Waals surface area contributed by atoms with E-state index in [0.717, 1.165) is 12.5 Å². The Bertz CT molecular complexity index is 1070. The number of carbonyl (C=O) groups is 5. The van der Waals surface area contributed by atoms with Gasteiger partial charge < -0.3 is 24.4 Å². The van der Waals surface area contributed by atoms with Crippen molar-refractivity contribution >= 4 is 29.8 Å². The molecule has 36 heavy (non-hydrogen) atoms. The van der Waals surface area contributed by atoms with E-state index >= 15 is 0 Å². The molecule has 8 atom stereocenters. The molecule has 0 saturated heterocycles. The van der Waals surface area contributed by atoms with Crippen LogP contribution in [-0.2, 0) is 28.6 Å². The van der Waals surface area contributed by atoms with Crippen LogP contribution in [0.5, 0.6) is 0 Å². The largest absolute Gasteiger partial charge is 0.506 e. The summed E-state index contributed by atoms with van der Waals surface area (Å²) < 4.78 is 15.8. The van der Waals surface area contributed by atoms with Crippen molar-refractivity contribution < 1.29 is 48.4 Å². The number of Topliss-reactive ketones (excluding diaryl/α,β-unsaturated/α-hetero) is 1. The van der Waals surface area contributed by atoms with E-state index in [1.807, 2.05) is 19.9 Å². The molecule has 0 aromatic carbocycles. The summed E-state index contributed by atoms with van der Waals surface area (Å²) in [4.78, 5) is 60.7. The number of esters is 1. The first-order chi connectivity index (χ1) is 16.7. The maximum absolute atomic E-state index is 13.5. The van der Waals surface area contributed by atoms with Crippen molar-refractivity contribution in [3.63, 3.8) is 0 Å². The van der Waals surface area contributed by atoms with E-state index in [1.54, 1.807) is 13.0 Å². The van der Waals surface area contributed by atoms with Crippen LogP contribution in [0.1, 0.15) is 53.4 Å². The summed E-state index contributed by atoms with van der Waals surface area (Å²) in [6.07, 6.45) is 2.20. The molecular weight excluding hydrogens is 472 g/mol. The lowest BCUT2D eigenvalue weighted by Gasteiger charge is -2.61. The van der Waals surface area contributed by atoms with Crippen LogP contribution in [-0.4, -0.2) is 58.4 Å². The third-order valence-corrected chi connectivity index (χ3v) is 9.29. The molecular formula is C26H32O10. The van der Waals surface area contributed by atoms with Gasteiger partial charge in [-0.05, 0) is 55.6 Å². The van der Waals surface area contributed by atoms with Crippen molar-refractivity contribution in [1.29, 1.82) is 0 Å². The van der Waals surface area contributed by atoms with E-state index in [9.17, 15) is 34.2 Å². The molecule has 10 heteroatoms. The summed E-state index contributed by atoms with van der Waals surface area (Å²) in [5, 5.41) is 19.2. The maximum Gasteiger partial charge on any atom is 0.506 e. The molecule has 2 N–H and O–H groups in total. The van der Waals surface area contributed by atoms with Crippen LogP contribution in [0.15, 0.2) is 23.8 Å². The Hall–Kier alpha value is -3.17. The second-order valence-corrected chi connectivity index (χ2v) is 11.0. The van der Waals surface area contributed by atoms with E-state index < -0.39 is 53.2 Å². The number of hydrogen-bond donors (Lipinski definition) is 2. The van der Waals surface area contributed by atoms with Gasteiger partial charge in [0.25, 0.3) is 0 Å². The zero-order valence-corrected chi connectivity index (χ0v) is 20.8. The zero-order chi connectivity index (χ0) is 26.6. The van der Waals surface area contributed by atoms with Crippen LogP contribution in [0.4, 0.5) is 9.59 Å². The standard InChI is InChI=1S/C26H32O10/c1-13-9-16-17-6-8-26(36-23(32)33,20(29)12-34-14(2)27)25(17,4)11-19(35-22(30)31)21(16)24(3)7-5-15(28)10-18(13)24/h5,7,10,13,16-17,19,21H,6,8-9,11-12H2,1-4H3,(H,30,31)(H,32,33)/t13-,16-,17-,19-,21+,24-,25-,26-/m0/s1. The van der Waals surface area contributed by atoms with Gasteiger partial charge in [-0.3, -0.25) is 14.4 Å². The molecule has 0 aromatic heterocycles. The van der Waals surface area contributed by atoms with Crippen LogP contribution in [0.25, 0.3) is 0 Å². The van der Waals surface area contributed by atoms with Crippen molar-refractivity contribution in [3.8, 4) is 0 Å². The zero-order valence-electron chi connectivity index (χ0n) is 20.8. The van der Waals surface area contributed by atoms with Crippen molar-refractivity contribution in [2.75, 3.05) is 6.61 Å². The third-order valence-electron chi connectivity index (χ3n) is 9.29. The Morgan fingerprint density at radius 1 is 1.14 bits per heavy atom. The highest BCUT2D eigenvalue weighted by molar-refractivity contribution is 6.01. The smallest absolute Gasteiger partial charge is 0.458 e. The van der Waals surface area contributed by atoms with Gasteiger partial charge in [0.2, 0.25) is 5.78 Å². The molecule has 3 fully saturated rings. The molecule has 0 aliphatic heterocycles. The van der Waals surface area contributed by atoms with Gasteiger partial charge in [0.15, 0.2) is 18.0 Å². The lowest BCUT2D eigenvalue weighted by atomic mass is 9.44. The van der Waals surface area contributed by atoms with E-state index in [1.165, 1.54) is 6.08 Å². The molecule has 4 rings (SSSR count). The van der Waals surface area contributed by atoms with Crippen LogP contribution in [0.3, 0.4) is 0 Å². The fraction of sp³-hybridized carbons (Fsp3) is 0.654. The fourth-order valence-corrected chi connectivity index (χ4v) is 8.06. The number of fused-ring (bicyclic) bond motifs is 5. The average molecular weight is 505 g/mol. The van der Waals surface area contributed by atoms with Crippen LogP contribution < -0.4 is 0 Å². The second-order valence-electron chi connectivity index (χ2n) is 11.0. The average Bonchev–Trinajstić information content (AvgIpc) is 3.05. The Labute approximate surface area is 208 Å². The molecule has 0 unspecified atom stereocenters. The highest BCUT2D eigenvalue weighted by atomic mass is 16.7. The Morgan fingerprint density at radius 2 is 1.83 bits per heavy atom. The fourth-order valence-electron chi connectivity index (χ4n) is 8.06. The summed E-state index contributed by atoms with van der Waals surface area (Å²) in [5.74, 6) is -2.11. The summed E-state index contributed by atoms with van der Waals surface area (Å²) in [5.41, 5.74) is -2.63. The topological polar surface area (TPSA) is 154 Å². The molecule has 3 saturated carbocycles. The molecule has 4 aliphatic carbocycles. The van der Waals surface area contributed by atoms with E-state index in [4.69, 9.17) is 14.2 Å². The second kappa shape index (κ2) is 8.74. The Morgan fingerprint density at radius 3 is 2.44 bits per heavy atom. The monoisotopic (exact) mass is 504 g/mol. The van der Waals surface area contributed by atoms with Gasteiger partial charge in [-0.1, -0.05) is 32.4 Å². The predicted octanol–water partition coefficient (Wildman–Crippen LogP) is 3.78. The first-order valence-electron chi connectivity index (χ1n) is 12.2. The number of ether oxygens (including phenoxy) is 3. The van der Waals surface area contributed by atoms with Gasteiger partial charge in [-0.2, -0.15) is 0 Å². The molecule has 0 bridgehead atoms. The summed E-state index contributed by atoms with van der Waals surface area (Å²) in [7, 11) is 0. The maximum atomic E-state index is 13.5. The number of carboxylic acid groups (broad SMARTS) is 2. The summed E-state index contributed by atoms with van der Waals surface area (Å²) >= 11 is 0. The Kier molecular flexibility index (Phi) is 6.29. The van der Waals surface area contributed by atoms with Gasteiger partial charge in [0.1, 0.15) is 6.10 Å². The summed E-state index contributed by atoms with van der Waals surface area (Å²) in [6, 6.07) is 0. The lowest BCUT2D eigenvalue weighted by Crippen LogP contribution is -2.64. The minimum atomic E-state index is -1.82. The van der Waals surface area contributed by atoms with Crippen LogP contribution in [0, 0.1) is 34.5 Å². The molecule has 0 amide bonds. The van der Waals surface area contributed by atoms with Gasteiger partial charge >= 0.3 is 18.3 Å². The molecule has 10 nitrogen and oxygen atoms in total. The minimum absolute atomic E-state index is 0.00474. The lowest BCUT2D eigenvalue weighted by molar-refractivity contribution is -0.187. The minimum Gasteiger partial charge on any atom is -0.458 e. The first-order valence-corrected chi connectivity index (χ1v) is 12.2. The summed E-state index contributed by atoms with van der Waals surface area (Å²) in [6.45, 7) is 6.27. The predicted molar refractivity (Wildman–Crippen MR) is 123 cm³/mol. The SMILES string of the molecule is CC(=O)OCC(=O)[C@@]1(OC(=O)O)CC[C@H]2[C@@H]3C[C@H](C)C4=CC(=O)C=C[C@]4(C)[C@H]3[C@@H](OC(=O)O)C[C@@]21C. The van der Waals surface area contributed by atoms with Crippen LogP contribution >= 0.6 is 0 Å². The van der Waals surface area contributed by atoms with Gasteiger partial charge in [-0.15, -0.1) is 0 Å². The molecule has 0 spiro atoms. The number of hydrogen-bond acceptors (Lipinski definition) is 8. The van der Waals surface area contributed by atoms with Crippen molar-refractivity contribution in [1.82, 2.24) is 0 Å². The van der Waals surface area contributed by atoms with Gasteiger partial charge in [-0.25, -0.2) is 9.59 Å². The van der Waals surface area contributed by atoms with Crippen molar-refractivity contribution in [2.24, 2.45) is 34.5 Å². The third kappa shape index (κ3) is 3.81. The van der Waals surface area contributed by atoms with Crippen molar-refractivity contribution in [3.05, 3.63) is 23.8 Å². The number of rotatable bonds is 5.